The second kappa shape index (κ2) is 9.39. The van der Waals surface area contributed by atoms with Gasteiger partial charge in [-0.2, -0.15) is 0 Å². The molecule has 6 nitrogen and oxygen atoms in total. The Kier molecular flexibility index (Phi) is 6.68. The van der Waals surface area contributed by atoms with Gasteiger partial charge < -0.3 is 24.2 Å². The van der Waals surface area contributed by atoms with E-state index < -0.39 is 0 Å². The second-order valence-corrected chi connectivity index (χ2v) is 6.41. The molecule has 144 valence electrons. The molecule has 0 radical (unpaired) electrons. The molecule has 0 aliphatic carbocycles. The summed E-state index contributed by atoms with van der Waals surface area (Å²) in [5.74, 6) is 1.65. The average molecular weight is 371 g/mol. The molecule has 0 fully saturated rings. The first kappa shape index (κ1) is 19.2. The number of nitrogens with zero attached hydrogens (tertiary/aromatic N) is 1. The molecule has 6 heteroatoms. The summed E-state index contributed by atoms with van der Waals surface area (Å²) in [6.45, 7) is 2.27. The molecule has 2 aromatic carbocycles. The Balaban J connectivity index is 1.66. The first-order chi connectivity index (χ1) is 13.2. The molecular formula is C21H25NO5. The van der Waals surface area contributed by atoms with Crippen LogP contribution >= 0.6 is 0 Å². The summed E-state index contributed by atoms with van der Waals surface area (Å²) in [6.07, 6.45) is 0.346. The van der Waals surface area contributed by atoms with E-state index in [1.165, 1.54) is 0 Å². The summed E-state index contributed by atoms with van der Waals surface area (Å²) in [5.41, 5.74) is 2.92. The number of amides is 1. The maximum Gasteiger partial charge on any atom is 0.227 e. The number of aliphatic hydroxyl groups is 1. The van der Waals surface area contributed by atoms with Crippen LogP contribution < -0.4 is 9.47 Å². The largest absolute Gasteiger partial charge is 0.497 e. The molecule has 1 amide bonds. The van der Waals surface area contributed by atoms with Gasteiger partial charge in [0.2, 0.25) is 5.91 Å². The fourth-order valence-electron chi connectivity index (χ4n) is 3.03. The number of hydrogen-bond donors (Lipinski definition) is 1. The highest BCUT2D eigenvalue weighted by Crippen LogP contribution is 2.25. The van der Waals surface area contributed by atoms with Crippen LogP contribution in [-0.4, -0.2) is 49.4 Å². The quantitative estimate of drug-likeness (QED) is 0.756. The van der Waals surface area contributed by atoms with Crippen molar-refractivity contribution in [1.82, 2.24) is 4.90 Å². The minimum atomic E-state index is 0.00168. The highest BCUT2D eigenvalue weighted by atomic mass is 16.5. The van der Waals surface area contributed by atoms with E-state index in [4.69, 9.17) is 19.3 Å². The number of carbonyl (C=O) groups is 1. The van der Waals surface area contributed by atoms with Gasteiger partial charge >= 0.3 is 0 Å². The minimum absolute atomic E-state index is 0.00168. The van der Waals surface area contributed by atoms with Crippen LogP contribution in [0, 0.1) is 0 Å². The molecule has 1 heterocycles. The number of hydrogen-bond acceptors (Lipinski definition) is 5. The Hall–Kier alpha value is -2.57. The molecule has 0 atom stereocenters. The predicted molar refractivity (Wildman–Crippen MR) is 101 cm³/mol. The molecule has 0 saturated heterocycles. The van der Waals surface area contributed by atoms with E-state index in [0.29, 0.717) is 39.3 Å². The first-order valence-corrected chi connectivity index (χ1v) is 9.03. The Bertz CT molecular complexity index is 760. The van der Waals surface area contributed by atoms with Crippen molar-refractivity contribution in [2.75, 3.05) is 33.5 Å². The molecule has 0 spiro atoms. The Morgan fingerprint density at radius 1 is 1.19 bits per heavy atom. The molecule has 2 aromatic rings. The van der Waals surface area contributed by atoms with E-state index >= 15 is 0 Å². The minimum Gasteiger partial charge on any atom is -0.497 e. The van der Waals surface area contributed by atoms with Gasteiger partial charge in [-0.15, -0.1) is 0 Å². The molecule has 1 aliphatic heterocycles. The Morgan fingerprint density at radius 2 is 1.96 bits per heavy atom. The number of carbonyl (C=O) groups excluding carboxylic acids is 1. The van der Waals surface area contributed by atoms with E-state index in [-0.39, 0.29) is 12.5 Å². The summed E-state index contributed by atoms with van der Waals surface area (Å²) < 4.78 is 16.3. The van der Waals surface area contributed by atoms with Crippen LogP contribution in [0.25, 0.3) is 0 Å². The van der Waals surface area contributed by atoms with E-state index in [2.05, 4.69) is 0 Å². The van der Waals surface area contributed by atoms with Gasteiger partial charge in [0.25, 0.3) is 0 Å². The van der Waals surface area contributed by atoms with Gasteiger partial charge in [0.05, 0.1) is 39.9 Å². The average Bonchev–Trinajstić information content (AvgIpc) is 2.91. The zero-order valence-electron chi connectivity index (χ0n) is 15.5. The van der Waals surface area contributed by atoms with Gasteiger partial charge in [-0.25, -0.2) is 0 Å². The van der Waals surface area contributed by atoms with Crippen LogP contribution in [0.2, 0.25) is 0 Å². The monoisotopic (exact) mass is 371 g/mol. The zero-order valence-corrected chi connectivity index (χ0v) is 15.5. The summed E-state index contributed by atoms with van der Waals surface area (Å²) in [7, 11) is 1.62. The molecular weight excluding hydrogens is 346 g/mol. The van der Waals surface area contributed by atoms with Crippen molar-refractivity contribution in [3.8, 4) is 11.5 Å². The summed E-state index contributed by atoms with van der Waals surface area (Å²) in [4.78, 5) is 14.6. The molecule has 0 bridgehead atoms. The highest BCUT2D eigenvalue weighted by Gasteiger charge is 2.20. The lowest BCUT2D eigenvalue weighted by Crippen LogP contribution is -2.33. The summed E-state index contributed by atoms with van der Waals surface area (Å²) in [6, 6.07) is 13.4. The third kappa shape index (κ3) is 5.21. The van der Waals surface area contributed by atoms with Gasteiger partial charge in [0.15, 0.2) is 0 Å². The van der Waals surface area contributed by atoms with Crippen molar-refractivity contribution in [3.63, 3.8) is 0 Å². The fourth-order valence-corrected chi connectivity index (χ4v) is 3.03. The maximum absolute atomic E-state index is 12.8. The lowest BCUT2D eigenvalue weighted by Gasteiger charge is -2.20. The van der Waals surface area contributed by atoms with Crippen molar-refractivity contribution < 1.29 is 24.1 Å². The molecule has 27 heavy (non-hydrogen) atoms. The van der Waals surface area contributed by atoms with E-state index in [9.17, 15) is 4.79 Å². The Labute approximate surface area is 159 Å². The Morgan fingerprint density at radius 3 is 2.70 bits per heavy atom. The van der Waals surface area contributed by atoms with E-state index in [0.717, 1.165) is 28.2 Å². The van der Waals surface area contributed by atoms with Crippen LogP contribution in [-0.2, 0) is 29.1 Å². The summed E-state index contributed by atoms with van der Waals surface area (Å²) >= 11 is 0. The van der Waals surface area contributed by atoms with Gasteiger partial charge in [-0.05, 0) is 35.4 Å². The second-order valence-electron chi connectivity index (χ2n) is 6.41. The number of rotatable bonds is 7. The van der Waals surface area contributed by atoms with Crippen molar-refractivity contribution in [3.05, 3.63) is 59.2 Å². The third-order valence-electron chi connectivity index (χ3n) is 4.48. The SMILES string of the molecule is COc1ccc(CC(=O)N2CCOc3ccc(COCCO)cc3C2)cc1. The van der Waals surface area contributed by atoms with Crippen LogP contribution in [0.5, 0.6) is 11.5 Å². The fraction of sp³-hybridized carbons (Fsp3) is 0.381. The smallest absolute Gasteiger partial charge is 0.227 e. The van der Waals surface area contributed by atoms with Gasteiger partial charge in [0.1, 0.15) is 18.1 Å². The zero-order chi connectivity index (χ0) is 19.1. The third-order valence-corrected chi connectivity index (χ3v) is 4.48. The van der Waals surface area contributed by atoms with Crippen LogP contribution in [0.4, 0.5) is 0 Å². The number of ether oxygens (including phenoxy) is 3. The standard InChI is InChI=1S/C21H25NO5/c1-25-19-5-2-16(3-6-19)13-21(24)22-8-10-27-20-7-4-17(12-18(20)14-22)15-26-11-9-23/h2-7,12,23H,8-11,13-15H2,1H3. The maximum atomic E-state index is 12.8. The van der Waals surface area contributed by atoms with Gasteiger partial charge in [-0.1, -0.05) is 18.2 Å². The van der Waals surface area contributed by atoms with Crippen molar-refractivity contribution in [2.24, 2.45) is 0 Å². The van der Waals surface area contributed by atoms with Crippen molar-refractivity contribution >= 4 is 5.91 Å². The molecule has 1 aliphatic rings. The van der Waals surface area contributed by atoms with Crippen molar-refractivity contribution in [2.45, 2.75) is 19.6 Å². The van der Waals surface area contributed by atoms with Gasteiger partial charge in [0, 0.05) is 12.1 Å². The molecule has 3 rings (SSSR count). The van der Waals surface area contributed by atoms with Crippen LogP contribution in [0.1, 0.15) is 16.7 Å². The summed E-state index contributed by atoms with van der Waals surface area (Å²) in [5, 5.41) is 8.82. The molecule has 1 N–H and O–H groups in total. The van der Waals surface area contributed by atoms with Crippen molar-refractivity contribution in [1.29, 1.82) is 0 Å². The van der Waals surface area contributed by atoms with Crippen LogP contribution in [0.3, 0.4) is 0 Å². The normalized spacial score (nSPS) is 13.5. The number of benzene rings is 2. The molecule has 0 saturated carbocycles. The number of fused-ring (bicyclic) bond motifs is 1. The highest BCUT2D eigenvalue weighted by molar-refractivity contribution is 5.79. The number of methoxy groups -OCH3 is 1. The number of aliphatic hydroxyl groups excluding tert-OH is 1. The molecule has 0 unspecified atom stereocenters. The van der Waals surface area contributed by atoms with E-state index in [1.807, 2.05) is 47.4 Å². The lowest BCUT2D eigenvalue weighted by atomic mass is 10.1. The first-order valence-electron chi connectivity index (χ1n) is 9.03. The molecule has 0 aromatic heterocycles. The van der Waals surface area contributed by atoms with Gasteiger partial charge in [-0.3, -0.25) is 4.79 Å². The van der Waals surface area contributed by atoms with Crippen LogP contribution in [0.15, 0.2) is 42.5 Å². The lowest BCUT2D eigenvalue weighted by molar-refractivity contribution is -0.131. The predicted octanol–water partition coefficient (Wildman–Crippen LogP) is 2.17. The topological polar surface area (TPSA) is 68.2 Å². The van der Waals surface area contributed by atoms with E-state index in [1.54, 1.807) is 7.11 Å².